The van der Waals surface area contributed by atoms with Crippen LogP contribution in [0.15, 0.2) is 42.7 Å². The third kappa shape index (κ3) is 3.98. The van der Waals surface area contributed by atoms with E-state index < -0.39 is 6.61 Å². The van der Waals surface area contributed by atoms with Crippen LogP contribution in [-0.4, -0.2) is 11.2 Å². The van der Waals surface area contributed by atoms with Crippen LogP contribution in [0.1, 0.15) is 18.9 Å². The maximum Gasteiger partial charge on any atom is 0.387 e. The van der Waals surface area contributed by atoms with E-state index in [0.29, 0.717) is 12.2 Å². The summed E-state index contributed by atoms with van der Waals surface area (Å²) >= 11 is 0. The number of ether oxygens (including phenoxy) is 1. The Morgan fingerprint density at radius 2 is 2.05 bits per heavy atom. The number of halogens is 2. The lowest BCUT2D eigenvalue weighted by molar-refractivity contribution is -0.0493. The number of benzene rings is 1. The molecule has 0 unspecified atom stereocenters. The van der Waals surface area contributed by atoms with Crippen LogP contribution in [0.25, 0.3) is 0 Å². The summed E-state index contributed by atoms with van der Waals surface area (Å²) in [6.45, 7) is 0.852. The van der Waals surface area contributed by atoms with E-state index in [4.69, 9.17) is 0 Å². The highest BCUT2D eigenvalue weighted by Gasteiger charge is 2.08. The zero-order valence-electron chi connectivity index (χ0n) is 11.4. The Bertz CT molecular complexity index is 540. The molecule has 0 amide bonds. The number of para-hydroxylation sites is 2. The largest absolute Gasteiger partial charge is 0.433 e. The fourth-order valence-corrected chi connectivity index (χ4v) is 2.00. The first kappa shape index (κ1) is 14.4. The van der Waals surface area contributed by atoms with Crippen LogP contribution in [0, 0.1) is 0 Å². The molecule has 0 atom stereocenters. The van der Waals surface area contributed by atoms with Crippen LogP contribution in [0.4, 0.5) is 14.5 Å². The fraction of sp³-hybridized carbons (Fsp3) is 0.333. The molecule has 0 aliphatic carbocycles. The fourth-order valence-electron chi connectivity index (χ4n) is 2.00. The molecule has 0 radical (unpaired) electrons. The van der Waals surface area contributed by atoms with Gasteiger partial charge in [-0.2, -0.15) is 8.78 Å². The monoisotopic (exact) mass is 280 g/mol. The number of aromatic nitrogens is 1. The molecule has 3 nitrogen and oxygen atoms in total. The highest BCUT2D eigenvalue weighted by molar-refractivity contribution is 5.56. The summed E-state index contributed by atoms with van der Waals surface area (Å²) in [6.07, 6.45) is 5.14. The van der Waals surface area contributed by atoms with E-state index in [0.717, 1.165) is 18.5 Å². The van der Waals surface area contributed by atoms with Gasteiger partial charge < -0.3 is 14.6 Å². The van der Waals surface area contributed by atoms with Gasteiger partial charge in [0.25, 0.3) is 0 Å². The minimum absolute atomic E-state index is 0.162. The Kier molecular flexibility index (Phi) is 4.98. The minimum Gasteiger partial charge on any atom is -0.433 e. The first-order chi connectivity index (χ1) is 9.69. The Morgan fingerprint density at radius 3 is 2.80 bits per heavy atom. The molecular weight excluding hydrogens is 262 g/mol. The first-order valence-corrected chi connectivity index (χ1v) is 6.61. The van der Waals surface area contributed by atoms with E-state index in [1.54, 1.807) is 18.2 Å². The molecule has 0 saturated carbocycles. The lowest BCUT2D eigenvalue weighted by atomic mass is 10.2. The second-order valence-electron chi connectivity index (χ2n) is 4.49. The van der Waals surface area contributed by atoms with Gasteiger partial charge in [-0.25, -0.2) is 0 Å². The van der Waals surface area contributed by atoms with Crippen molar-refractivity contribution >= 4 is 5.69 Å². The predicted octanol–water partition coefficient (Wildman–Crippen LogP) is 4.11. The number of hydrogen-bond donors (Lipinski definition) is 1. The normalized spacial score (nSPS) is 10.8. The molecule has 0 aliphatic rings. The van der Waals surface area contributed by atoms with Crippen LogP contribution < -0.4 is 10.1 Å². The molecule has 0 aliphatic heterocycles. The third-order valence-corrected chi connectivity index (χ3v) is 2.88. The lowest BCUT2D eigenvalue weighted by Gasteiger charge is -2.11. The van der Waals surface area contributed by atoms with Crippen molar-refractivity contribution in [1.82, 2.24) is 4.57 Å². The predicted molar refractivity (Wildman–Crippen MR) is 75.1 cm³/mol. The number of anilines is 1. The van der Waals surface area contributed by atoms with Crippen molar-refractivity contribution in [3.05, 3.63) is 48.3 Å². The van der Waals surface area contributed by atoms with Gasteiger partial charge in [0.15, 0.2) is 0 Å². The van der Waals surface area contributed by atoms with E-state index >= 15 is 0 Å². The van der Waals surface area contributed by atoms with Crippen LogP contribution in [0.3, 0.4) is 0 Å². The van der Waals surface area contributed by atoms with E-state index in [1.807, 2.05) is 18.5 Å². The van der Waals surface area contributed by atoms with Crippen LogP contribution in [0.2, 0.25) is 0 Å². The van der Waals surface area contributed by atoms with Crippen molar-refractivity contribution in [3.63, 3.8) is 0 Å². The van der Waals surface area contributed by atoms with Crippen LogP contribution in [-0.2, 0) is 13.1 Å². The van der Waals surface area contributed by atoms with E-state index in [2.05, 4.69) is 21.5 Å². The quantitative estimate of drug-likeness (QED) is 0.826. The highest BCUT2D eigenvalue weighted by Crippen LogP contribution is 2.25. The number of nitrogens with one attached hydrogen (secondary N) is 1. The molecule has 0 spiro atoms. The number of hydrogen-bond acceptors (Lipinski definition) is 2. The molecular formula is C15H18F2N2O. The second-order valence-corrected chi connectivity index (χ2v) is 4.49. The molecule has 0 fully saturated rings. The molecule has 1 N–H and O–H groups in total. The van der Waals surface area contributed by atoms with Gasteiger partial charge in [0, 0.05) is 25.5 Å². The molecule has 108 valence electrons. The summed E-state index contributed by atoms with van der Waals surface area (Å²) in [5.41, 5.74) is 1.67. The molecule has 1 heterocycles. The van der Waals surface area contributed by atoms with Gasteiger partial charge in [-0.1, -0.05) is 19.1 Å². The van der Waals surface area contributed by atoms with Crippen molar-refractivity contribution in [3.8, 4) is 5.75 Å². The average Bonchev–Trinajstić information content (AvgIpc) is 2.85. The van der Waals surface area contributed by atoms with E-state index in [-0.39, 0.29) is 5.75 Å². The molecule has 2 aromatic rings. The summed E-state index contributed by atoms with van der Waals surface area (Å²) in [4.78, 5) is 0. The van der Waals surface area contributed by atoms with Gasteiger partial charge in [0.1, 0.15) is 5.75 Å². The van der Waals surface area contributed by atoms with Gasteiger partial charge in [-0.15, -0.1) is 0 Å². The Balaban J connectivity index is 1.99. The van der Waals surface area contributed by atoms with Crippen LogP contribution in [0.5, 0.6) is 5.75 Å². The van der Waals surface area contributed by atoms with Gasteiger partial charge in [0.05, 0.1) is 5.69 Å². The maximum absolute atomic E-state index is 12.3. The third-order valence-electron chi connectivity index (χ3n) is 2.88. The van der Waals surface area contributed by atoms with E-state index in [1.165, 1.54) is 6.07 Å². The van der Waals surface area contributed by atoms with Gasteiger partial charge >= 0.3 is 6.61 Å². The van der Waals surface area contributed by atoms with Crippen LogP contribution >= 0.6 is 0 Å². The Morgan fingerprint density at radius 1 is 1.25 bits per heavy atom. The number of rotatable bonds is 7. The van der Waals surface area contributed by atoms with Gasteiger partial charge in [0.2, 0.25) is 0 Å². The van der Waals surface area contributed by atoms with Crippen molar-refractivity contribution in [1.29, 1.82) is 0 Å². The Labute approximate surface area is 117 Å². The average molecular weight is 280 g/mol. The van der Waals surface area contributed by atoms with Crippen molar-refractivity contribution < 1.29 is 13.5 Å². The molecule has 20 heavy (non-hydrogen) atoms. The van der Waals surface area contributed by atoms with Gasteiger partial charge in [-0.3, -0.25) is 0 Å². The topological polar surface area (TPSA) is 26.2 Å². The molecule has 1 aromatic carbocycles. The number of alkyl halides is 2. The van der Waals surface area contributed by atoms with Crippen molar-refractivity contribution in [2.75, 3.05) is 5.32 Å². The molecule has 5 heteroatoms. The molecule has 0 bridgehead atoms. The molecule has 0 saturated heterocycles. The summed E-state index contributed by atoms with van der Waals surface area (Å²) < 4.78 is 31.2. The summed E-state index contributed by atoms with van der Waals surface area (Å²) in [5, 5.41) is 3.12. The van der Waals surface area contributed by atoms with Crippen molar-refractivity contribution in [2.45, 2.75) is 33.0 Å². The summed E-state index contributed by atoms with van der Waals surface area (Å²) in [5.74, 6) is 0.162. The molecule has 2 rings (SSSR count). The summed E-state index contributed by atoms with van der Waals surface area (Å²) in [7, 11) is 0. The first-order valence-electron chi connectivity index (χ1n) is 6.61. The number of nitrogens with zero attached hydrogens (tertiary/aromatic N) is 1. The summed E-state index contributed by atoms with van der Waals surface area (Å²) in [6, 6.07) is 8.71. The SMILES string of the molecule is CCCn1ccc(CNc2ccccc2OC(F)F)c1. The van der Waals surface area contributed by atoms with E-state index in [9.17, 15) is 8.78 Å². The maximum atomic E-state index is 12.3. The second kappa shape index (κ2) is 6.93. The number of aryl methyl sites for hydroxylation is 1. The van der Waals surface area contributed by atoms with Gasteiger partial charge in [-0.05, 0) is 30.2 Å². The van der Waals surface area contributed by atoms with Crippen molar-refractivity contribution in [2.24, 2.45) is 0 Å². The molecule has 1 aromatic heterocycles. The minimum atomic E-state index is -2.82. The lowest BCUT2D eigenvalue weighted by Crippen LogP contribution is -2.06. The Hall–Kier alpha value is -2.04. The standard InChI is InChI=1S/C15H18F2N2O/c1-2-8-19-9-7-12(11-19)10-18-13-5-3-4-6-14(13)20-15(16)17/h3-7,9,11,15,18H,2,8,10H2,1H3. The zero-order chi connectivity index (χ0) is 14.4. The smallest absolute Gasteiger partial charge is 0.387 e. The highest BCUT2D eigenvalue weighted by atomic mass is 19.3. The zero-order valence-corrected chi connectivity index (χ0v) is 11.4.